The normalized spacial score (nSPS) is 10.6. The number of halogens is 2. The van der Waals surface area contributed by atoms with E-state index in [1.807, 2.05) is 0 Å². The second kappa shape index (κ2) is 8.25. The Morgan fingerprint density at radius 3 is 2.61 bits per heavy atom. The number of ketones is 1. The highest BCUT2D eigenvalue weighted by Crippen LogP contribution is 2.20. The monoisotopic (exact) mass is 270 g/mol. The summed E-state index contributed by atoms with van der Waals surface area (Å²) in [6.07, 6.45) is 6.18. The van der Waals surface area contributed by atoms with Gasteiger partial charge in [0, 0.05) is 23.4 Å². The van der Waals surface area contributed by atoms with E-state index in [1.54, 1.807) is 12.1 Å². The molecule has 0 saturated heterocycles. The largest absolute Gasteiger partial charge is 0.299 e. The Balaban J connectivity index is 2.36. The van der Waals surface area contributed by atoms with Crippen molar-refractivity contribution in [3.05, 3.63) is 34.6 Å². The number of benzene rings is 1. The molecule has 0 heterocycles. The predicted molar refractivity (Wildman–Crippen MR) is 73.5 cm³/mol. The molecule has 0 bridgehead atoms. The third-order valence-electron chi connectivity index (χ3n) is 2.99. The van der Waals surface area contributed by atoms with E-state index in [4.69, 9.17) is 11.6 Å². The fraction of sp³-hybridized carbons (Fsp3) is 0.533. The van der Waals surface area contributed by atoms with Crippen molar-refractivity contribution in [3.63, 3.8) is 0 Å². The highest BCUT2D eigenvalue weighted by atomic mass is 35.5. The molecule has 0 aliphatic rings. The number of unbranched alkanes of at least 4 members (excludes halogenated alkanes) is 4. The van der Waals surface area contributed by atoms with Crippen molar-refractivity contribution in [1.82, 2.24) is 0 Å². The Bertz CT molecular complexity index is 370. The summed E-state index contributed by atoms with van der Waals surface area (Å²) in [5, 5.41) is 0.342. The third-order valence-corrected chi connectivity index (χ3v) is 3.35. The van der Waals surface area contributed by atoms with Crippen molar-refractivity contribution in [3.8, 4) is 0 Å². The Kier molecular flexibility index (Phi) is 6.96. The minimum atomic E-state index is -0.387. The first kappa shape index (κ1) is 15.2. The maximum atomic E-state index is 13.5. The van der Waals surface area contributed by atoms with Crippen molar-refractivity contribution in [2.45, 2.75) is 51.9 Å². The zero-order chi connectivity index (χ0) is 13.4. The number of Topliss-reactive ketones (excluding diaryl/α,β-unsaturated/α-hetero) is 1. The topological polar surface area (TPSA) is 17.1 Å². The van der Waals surface area contributed by atoms with Crippen LogP contribution in [0.15, 0.2) is 18.2 Å². The van der Waals surface area contributed by atoms with E-state index in [1.165, 1.54) is 25.3 Å². The van der Waals surface area contributed by atoms with Gasteiger partial charge in [0.2, 0.25) is 0 Å². The minimum Gasteiger partial charge on any atom is -0.299 e. The molecule has 0 radical (unpaired) electrons. The highest BCUT2D eigenvalue weighted by molar-refractivity contribution is 6.31. The first-order valence-corrected chi connectivity index (χ1v) is 6.97. The first-order valence-electron chi connectivity index (χ1n) is 6.59. The molecule has 0 fully saturated rings. The van der Waals surface area contributed by atoms with E-state index >= 15 is 0 Å². The minimum absolute atomic E-state index is 0.0681. The van der Waals surface area contributed by atoms with E-state index in [2.05, 4.69) is 6.92 Å². The zero-order valence-corrected chi connectivity index (χ0v) is 11.6. The summed E-state index contributed by atoms with van der Waals surface area (Å²) in [7, 11) is 0. The molecule has 0 aliphatic carbocycles. The molecule has 1 nitrogen and oxygen atoms in total. The van der Waals surface area contributed by atoms with Crippen LogP contribution in [0.2, 0.25) is 5.02 Å². The van der Waals surface area contributed by atoms with E-state index in [9.17, 15) is 9.18 Å². The van der Waals surface area contributed by atoms with Crippen LogP contribution in [0, 0.1) is 5.82 Å². The molecule has 18 heavy (non-hydrogen) atoms. The smallest absolute Gasteiger partial charge is 0.137 e. The van der Waals surface area contributed by atoms with Crippen LogP contribution in [0.1, 0.15) is 51.0 Å². The van der Waals surface area contributed by atoms with Crippen LogP contribution in [0.25, 0.3) is 0 Å². The average Bonchev–Trinajstić information content (AvgIpc) is 2.34. The lowest BCUT2D eigenvalue weighted by Crippen LogP contribution is -2.05. The standard InChI is InChI=1S/C15H20ClFO/c1-2-3-4-5-6-8-12(18)11-13-14(16)9-7-10-15(13)17/h7,9-10H,2-6,8,11H2,1H3. The Hall–Kier alpha value is -0.890. The lowest BCUT2D eigenvalue weighted by atomic mass is 10.0. The quantitative estimate of drug-likeness (QED) is 0.611. The van der Waals surface area contributed by atoms with Crippen molar-refractivity contribution >= 4 is 17.4 Å². The summed E-state index contributed by atoms with van der Waals surface area (Å²) >= 11 is 5.88. The van der Waals surface area contributed by atoms with Gasteiger partial charge in [-0.05, 0) is 18.6 Å². The summed E-state index contributed by atoms with van der Waals surface area (Å²) in [4.78, 5) is 11.7. The van der Waals surface area contributed by atoms with Crippen molar-refractivity contribution in [2.75, 3.05) is 0 Å². The van der Waals surface area contributed by atoms with Crippen LogP contribution in [0.5, 0.6) is 0 Å². The van der Waals surface area contributed by atoms with Gasteiger partial charge in [-0.15, -0.1) is 0 Å². The molecular formula is C15H20ClFO. The Morgan fingerprint density at radius 1 is 1.22 bits per heavy atom. The molecule has 0 N–H and O–H groups in total. The molecule has 0 unspecified atom stereocenters. The molecular weight excluding hydrogens is 251 g/mol. The summed E-state index contributed by atoms with van der Waals surface area (Å²) in [5.41, 5.74) is 0.331. The third kappa shape index (κ3) is 5.18. The molecule has 0 amide bonds. The molecule has 0 aliphatic heterocycles. The van der Waals surface area contributed by atoms with Gasteiger partial charge in [0.15, 0.2) is 0 Å². The number of carbonyl (C=O) groups is 1. The fourth-order valence-corrected chi connectivity index (χ4v) is 2.14. The number of hydrogen-bond acceptors (Lipinski definition) is 1. The second-order valence-electron chi connectivity index (χ2n) is 4.58. The van der Waals surface area contributed by atoms with Gasteiger partial charge in [0.1, 0.15) is 11.6 Å². The molecule has 3 heteroatoms. The average molecular weight is 271 g/mol. The van der Waals surface area contributed by atoms with E-state index in [-0.39, 0.29) is 18.0 Å². The zero-order valence-electron chi connectivity index (χ0n) is 10.8. The van der Waals surface area contributed by atoms with Gasteiger partial charge in [-0.1, -0.05) is 50.3 Å². The van der Waals surface area contributed by atoms with Gasteiger partial charge in [-0.2, -0.15) is 0 Å². The van der Waals surface area contributed by atoms with Crippen LogP contribution in [0.3, 0.4) is 0 Å². The van der Waals surface area contributed by atoms with Gasteiger partial charge in [-0.3, -0.25) is 4.79 Å². The van der Waals surface area contributed by atoms with Gasteiger partial charge in [0.25, 0.3) is 0 Å². The molecule has 0 atom stereocenters. The van der Waals surface area contributed by atoms with Crippen LogP contribution >= 0.6 is 11.6 Å². The molecule has 100 valence electrons. The van der Waals surface area contributed by atoms with Crippen molar-refractivity contribution in [1.29, 1.82) is 0 Å². The molecule has 1 rings (SSSR count). The van der Waals surface area contributed by atoms with Crippen LogP contribution in [-0.2, 0) is 11.2 Å². The maximum Gasteiger partial charge on any atom is 0.137 e. The second-order valence-corrected chi connectivity index (χ2v) is 4.99. The Labute approximate surface area is 113 Å². The summed E-state index contributed by atoms with van der Waals surface area (Å²) in [5.74, 6) is -0.319. The van der Waals surface area contributed by atoms with Crippen LogP contribution < -0.4 is 0 Å². The van der Waals surface area contributed by atoms with Crippen molar-refractivity contribution < 1.29 is 9.18 Å². The SMILES string of the molecule is CCCCCCCC(=O)Cc1c(F)cccc1Cl. The van der Waals surface area contributed by atoms with Crippen LogP contribution in [-0.4, -0.2) is 5.78 Å². The summed E-state index contributed by atoms with van der Waals surface area (Å²) in [6, 6.07) is 4.51. The molecule has 0 saturated carbocycles. The summed E-state index contributed by atoms with van der Waals surface area (Å²) < 4.78 is 13.5. The van der Waals surface area contributed by atoms with E-state index in [0.29, 0.717) is 17.0 Å². The maximum absolute atomic E-state index is 13.5. The number of rotatable bonds is 8. The fourth-order valence-electron chi connectivity index (χ4n) is 1.91. The van der Waals surface area contributed by atoms with Crippen LogP contribution in [0.4, 0.5) is 4.39 Å². The van der Waals surface area contributed by atoms with E-state index in [0.717, 1.165) is 12.8 Å². The molecule has 0 spiro atoms. The summed E-state index contributed by atoms with van der Waals surface area (Å²) in [6.45, 7) is 2.16. The highest BCUT2D eigenvalue weighted by Gasteiger charge is 2.11. The van der Waals surface area contributed by atoms with Gasteiger partial charge in [0.05, 0.1) is 0 Å². The van der Waals surface area contributed by atoms with Gasteiger partial charge in [-0.25, -0.2) is 4.39 Å². The van der Waals surface area contributed by atoms with Crippen molar-refractivity contribution in [2.24, 2.45) is 0 Å². The lowest BCUT2D eigenvalue weighted by molar-refractivity contribution is -0.118. The number of carbonyl (C=O) groups excluding carboxylic acids is 1. The first-order chi connectivity index (χ1) is 8.65. The van der Waals surface area contributed by atoms with Gasteiger partial charge >= 0.3 is 0 Å². The molecule has 1 aromatic rings. The Morgan fingerprint density at radius 2 is 1.94 bits per heavy atom. The lowest BCUT2D eigenvalue weighted by Gasteiger charge is -2.05. The van der Waals surface area contributed by atoms with Gasteiger partial charge < -0.3 is 0 Å². The predicted octanol–water partition coefficient (Wildman–Crippen LogP) is 4.95. The number of hydrogen-bond donors (Lipinski definition) is 0. The molecule has 0 aromatic heterocycles. The van der Waals surface area contributed by atoms with E-state index < -0.39 is 0 Å². The molecule has 1 aromatic carbocycles.